The number of rotatable bonds is 3. The van der Waals surface area contributed by atoms with Crippen LogP contribution in [0, 0.1) is 0 Å². The van der Waals surface area contributed by atoms with Crippen LogP contribution >= 0.6 is 0 Å². The van der Waals surface area contributed by atoms with Crippen molar-refractivity contribution in [2.75, 3.05) is 26.2 Å². The van der Waals surface area contributed by atoms with Crippen LogP contribution in [0.3, 0.4) is 0 Å². The van der Waals surface area contributed by atoms with Crippen LogP contribution in [-0.4, -0.2) is 56.3 Å². The van der Waals surface area contributed by atoms with Gasteiger partial charge in [0.1, 0.15) is 10.7 Å². The summed E-state index contributed by atoms with van der Waals surface area (Å²) < 4.78 is 29.6. The molecule has 0 aromatic heterocycles. The molecule has 162 valence electrons. The maximum atomic E-state index is 12.8. The second-order valence-corrected chi connectivity index (χ2v) is 9.22. The van der Waals surface area contributed by atoms with E-state index in [2.05, 4.69) is 9.71 Å². The Morgan fingerprint density at radius 3 is 2.35 bits per heavy atom. The fourth-order valence-corrected chi connectivity index (χ4v) is 5.47. The fraction of sp³-hybridized carbons (Fsp3) is 0.304. The number of hydrogen-bond donors (Lipinski definition) is 1. The molecule has 4 rings (SSSR count). The Kier molecular flexibility index (Phi) is 6.08. The number of carbonyl (C=O) groups is 1. The first kappa shape index (κ1) is 21.1. The number of hydrogen-bond acceptors (Lipinski definition) is 4. The SMILES string of the molecule is CC1=C(c2ccccc2)S(=O)(=O)N=C1N1CCCN(C(=O)NCc2ccccc2)CC1. The highest BCUT2D eigenvalue weighted by molar-refractivity contribution is 8.00. The molecule has 1 saturated heterocycles. The number of amides is 2. The lowest BCUT2D eigenvalue weighted by atomic mass is 10.1. The molecule has 0 aliphatic carbocycles. The highest BCUT2D eigenvalue weighted by Gasteiger charge is 2.34. The molecule has 0 atom stereocenters. The van der Waals surface area contributed by atoms with Crippen molar-refractivity contribution in [2.24, 2.45) is 4.40 Å². The van der Waals surface area contributed by atoms with Crippen molar-refractivity contribution in [2.45, 2.75) is 19.9 Å². The van der Waals surface area contributed by atoms with Gasteiger partial charge >= 0.3 is 6.03 Å². The van der Waals surface area contributed by atoms with Crippen molar-refractivity contribution in [3.05, 3.63) is 77.4 Å². The first-order valence-corrected chi connectivity index (χ1v) is 11.8. The molecule has 0 bridgehead atoms. The van der Waals surface area contributed by atoms with E-state index < -0.39 is 10.0 Å². The average molecular weight is 439 g/mol. The largest absolute Gasteiger partial charge is 0.354 e. The molecule has 0 unspecified atom stereocenters. The summed E-state index contributed by atoms with van der Waals surface area (Å²) in [4.78, 5) is 16.6. The van der Waals surface area contributed by atoms with E-state index in [0.717, 1.165) is 12.0 Å². The lowest BCUT2D eigenvalue weighted by Gasteiger charge is -2.24. The van der Waals surface area contributed by atoms with Gasteiger partial charge in [0.15, 0.2) is 0 Å². The predicted molar refractivity (Wildman–Crippen MR) is 122 cm³/mol. The van der Waals surface area contributed by atoms with Crippen molar-refractivity contribution in [1.29, 1.82) is 0 Å². The monoisotopic (exact) mass is 438 g/mol. The van der Waals surface area contributed by atoms with E-state index in [9.17, 15) is 13.2 Å². The molecule has 2 amide bonds. The van der Waals surface area contributed by atoms with Gasteiger partial charge in [-0.25, -0.2) is 4.79 Å². The van der Waals surface area contributed by atoms with E-state index in [4.69, 9.17) is 0 Å². The highest BCUT2D eigenvalue weighted by atomic mass is 32.2. The van der Waals surface area contributed by atoms with Gasteiger partial charge in [0, 0.05) is 38.3 Å². The van der Waals surface area contributed by atoms with Crippen LogP contribution in [0.1, 0.15) is 24.5 Å². The highest BCUT2D eigenvalue weighted by Crippen LogP contribution is 2.33. The fourth-order valence-electron chi connectivity index (χ4n) is 3.99. The predicted octanol–water partition coefficient (Wildman–Crippen LogP) is 3.08. The van der Waals surface area contributed by atoms with Crippen LogP contribution < -0.4 is 5.32 Å². The molecular formula is C23H26N4O3S. The van der Waals surface area contributed by atoms with Gasteiger partial charge in [-0.05, 0) is 24.5 Å². The molecule has 8 heteroatoms. The standard InChI is InChI=1S/C23H26N4O3S/c1-18-21(20-11-6-3-7-12-20)31(29,30)25-22(18)26-13-8-14-27(16-15-26)23(28)24-17-19-9-4-2-5-10-19/h2-7,9-12H,8,13-17H2,1H3,(H,24,28). The number of benzene rings is 2. The lowest BCUT2D eigenvalue weighted by molar-refractivity contribution is 0.200. The third-order valence-electron chi connectivity index (χ3n) is 5.55. The second kappa shape index (κ2) is 8.93. The number of carbonyl (C=O) groups excluding carboxylic acids is 1. The number of amidine groups is 1. The van der Waals surface area contributed by atoms with Crippen molar-refractivity contribution in [1.82, 2.24) is 15.1 Å². The maximum Gasteiger partial charge on any atom is 0.317 e. The van der Waals surface area contributed by atoms with Gasteiger partial charge in [0.25, 0.3) is 10.0 Å². The van der Waals surface area contributed by atoms with Crippen molar-refractivity contribution < 1.29 is 13.2 Å². The third-order valence-corrected chi connectivity index (χ3v) is 7.02. The summed E-state index contributed by atoms with van der Waals surface area (Å²) in [6.07, 6.45) is 0.742. The number of sulfonamides is 1. The smallest absolute Gasteiger partial charge is 0.317 e. The molecule has 7 nitrogen and oxygen atoms in total. The van der Waals surface area contributed by atoms with Gasteiger partial charge in [-0.3, -0.25) is 0 Å². The van der Waals surface area contributed by atoms with Gasteiger partial charge < -0.3 is 15.1 Å². The summed E-state index contributed by atoms with van der Waals surface area (Å²) in [7, 11) is -3.74. The number of nitrogens with zero attached hydrogens (tertiary/aromatic N) is 3. The molecule has 0 spiro atoms. The summed E-state index contributed by atoms with van der Waals surface area (Å²) in [6.45, 7) is 4.59. The van der Waals surface area contributed by atoms with E-state index in [-0.39, 0.29) is 10.9 Å². The Bertz CT molecular complexity index is 1110. The third kappa shape index (κ3) is 4.64. The first-order chi connectivity index (χ1) is 15.0. The molecule has 1 N–H and O–H groups in total. The van der Waals surface area contributed by atoms with Crippen LogP contribution in [0.4, 0.5) is 4.79 Å². The zero-order valence-corrected chi connectivity index (χ0v) is 18.3. The molecular weight excluding hydrogens is 412 g/mol. The van der Waals surface area contributed by atoms with Crippen LogP contribution in [0.2, 0.25) is 0 Å². The molecule has 2 aliphatic rings. The van der Waals surface area contributed by atoms with Gasteiger partial charge in [0.2, 0.25) is 0 Å². The summed E-state index contributed by atoms with van der Waals surface area (Å²) in [5, 5.41) is 2.96. The van der Waals surface area contributed by atoms with E-state index in [1.54, 1.807) is 24.0 Å². The molecule has 2 aliphatic heterocycles. The van der Waals surface area contributed by atoms with E-state index >= 15 is 0 Å². The Morgan fingerprint density at radius 1 is 0.968 bits per heavy atom. The van der Waals surface area contributed by atoms with Gasteiger partial charge in [-0.1, -0.05) is 60.7 Å². The van der Waals surface area contributed by atoms with Crippen LogP contribution in [0.5, 0.6) is 0 Å². The zero-order valence-electron chi connectivity index (χ0n) is 17.5. The molecule has 31 heavy (non-hydrogen) atoms. The van der Waals surface area contributed by atoms with Crippen LogP contribution in [0.15, 0.2) is 70.6 Å². The second-order valence-electron chi connectivity index (χ2n) is 7.68. The average Bonchev–Trinajstić information content (AvgIpc) is 2.92. The van der Waals surface area contributed by atoms with E-state index in [1.807, 2.05) is 53.4 Å². The quantitative estimate of drug-likeness (QED) is 0.799. The van der Waals surface area contributed by atoms with E-state index in [1.165, 1.54) is 0 Å². The summed E-state index contributed by atoms with van der Waals surface area (Å²) >= 11 is 0. The Morgan fingerprint density at radius 2 is 1.65 bits per heavy atom. The normalized spacial score (nSPS) is 18.5. The molecule has 1 fully saturated rings. The number of nitrogens with one attached hydrogen (secondary N) is 1. The van der Waals surface area contributed by atoms with Crippen molar-refractivity contribution in [3.8, 4) is 0 Å². The topological polar surface area (TPSA) is 82.1 Å². The zero-order chi connectivity index (χ0) is 21.8. The lowest BCUT2D eigenvalue weighted by Crippen LogP contribution is -2.42. The summed E-state index contributed by atoms with van der Waals surface area (Å²) in [6, 6.07) is 18.8. The Balaban J connectivity index is 1.44. The first-order valence-electron chi connectivity index (χ1n) is 10.4. The van der Waals surface area contributed by atoms with Crippen molar-refractivity contribution in [3.63, 3.8) is 0 Å². The van der Waals surface area contributed by atoms with E-state index in [0.29, 0.717) is 49.7 Å². The molecule has 0 saturated carbocycles. The maximum absolute atomic E-state index is 12.8. The Labute approximate surface area is 183 Å². The van der Waals surface area contributed by atoms with Crippen LogP contribution in [-0.2, 0) is 16.6 Å². The number of urea groups is 1. The minimum Gasteiger partial charge on any atom is -0.354 e. The minimum atomic E-state index is -3.74. The van der Waals surface area contributed by atoms with Crippen LogP contribution in [0.25, 0.3) is 4.91 Å². The molecule has 2 aromatic carbocycles. The van der Waals surface area contributed by atoms with Gasteiger partial charge in [-0.2, -0.15) is 8.42 Å². The summed E-state index contributed by atoms with van der Waals surface area (Å²) in [5.41, 5.74) is 2.36. The molecule has 2 aromatic rings. The minimum absolute atomic E-state index is 0.107. The Hall–Kier alpha value is -3.13. The van der Waals surface area contributed by atoms with Gasteiger partial charge in [-0.15, -0.1) is 4.40 Å². The summed E-state index contributed by atoms with van der Waals surface area (Å²) in [5.74, 6) is 0.491. The van der Waals surface area contributed by atoms with Gasteiger partial charge in [0.05, 0.1) is 0 Å². The molecule has 2 heterocycles. The van der Waals surface area contributed by atoms with Crippen molar-refractivity contribution >= 4 is 26.8 Å². The molecule has 0 radical (unpaired) electrons.